The molecule has 0 unspecified atom stereocenters. The molecule has 1 heterocycles. The van der Waals surface area contributed by atoms with Crippen LogP contribution in [0.25, 0.3) is 0 Å². The van der Waals surface area contributed by atoms with Crippen molar-refractivity contribution in [2.24, 2.45) is 5.92 Å². The maximum absolute atomic E-state index is 12.6. The van der Waals surface area contributed by atoms with E-state index in [1.54, 1.807) is 6.07 Å². The number of nitrogens with one attached hydrogen (secondary N) is 2. The molecule has 1 aliphatic heterocycles. The van der Waals surface area contributed by atoms with Gasteiger partial charge in [-0.1, -0.05) is 31.4 Å². The van der Waals surface area contributed by atoms with Gasteiger partial charge in [0.1, 0.15) is 0 Å². The van der Waals surface area contributed by atoms with Crippen LogP contribution in [0.3, 0.4) is 0 Å². The fraction of sp³-hybridized carbons (Fsp3) is 0.682. The molecule has 1 aromatic carbocycles. The second kappa shape index (κ2) is 9.94. The molecule has 0 atom stereocenters. The fourth-order valence-corrected chi connectivity index (χ4v) is 5.78. The lowest BCUT2D eigenvalue weighted by Gasteiger charge is -2.34. The molecule has 29 heavy (non-hydrogen) atoms. The van der Waals surface area contributed by atoms with Crippen molar-refractivity contribution in [2.45, 2.75) is 76.2 Å². The van der Waals surface area contributed by atoms with Gasteiger partial charge in [0.05, 0.1) is 4.90 Å². The molecular weight excluding hydrogens is 386 g/mol. The summed E-state index contributed by atoms with van der Waals surface area (Å²) in [6.45, 7) is 5.67. The molecule has 0 aromatic heterocycles. The summed E-state index contributed by atoms with van der Waals surface area (Å²) in [5.41, 5.74) is 1.70. The lowest BCUT2D eigenvalue weighted by atomic mass is 9.93. The molecule has 0 radical (unpaired) electrons. The number of carbonyl (C=O) groups is 1. The SMILES string of the molecule is Cc1ccc(C)c(S(=O)(=O)NCCC2CCN(C(=O)NC3CCCCC3)CC2)c1. The second-order valence-electron chi connectivity index (χ2n) is 8.67. The Labute approximate surface area is 175 Å². The first-order valence-corrected chi connectivity index (χ1v) is 12.5. The highest BCUT2D eigenvalue weighted by Crippen LogP contribution is 2.22. The lowest BCUT2D eigenvalue weighted by Crippen LogP contribution is -2.48. The summed E-state index contributed by atoms with van der Waals surface area (Å²) in [6, 6.07) is 5.91. The van der Waals surface area contributed by atoms with E-state index in [2.05, 4.69) is 10.0 Å². The van der Waals surface area contributed by atoms with Gasteiger partial charge in [-0.05, 0) is 69.1 Å². The molecule has 2 N–H and O–H groups in total. The summed E-state index contributed by atoms with van der Waals surface area (Å²) in [6.07, 6.45) is 8.58. The largest absolute Gasteiger partial charge is 0.335 e. The molecule has 6 nitrogen and oxygen atoms in total. The van der Waals surface area contributed by atoms with Crippen molar-refractivity contribution in [3.05, 3.63) is 29.3 Å². The number of urea groups is 1. The van der Waals surface area contributed by atoms with Crippen LogP contribution < -0.4 is 10.0 Å². The van der Waals surface area contributed by atoms with Crippen LogP contribution in [0.4, 0.5) is 4.79 Å². The molecule has 7 heteroatoms. The third-order valence-corrected chi connectivity index (χ3v) is 7.92. The van der Waals surface area contributed by atoms with Gasteiger partial charge >= 0.3 is 6.03 Å². The summed E-state index contributed by atoms with van der Waals surface area (Å²) in [7, 11) is -3.48. The minimum atomic E-state index is -3.48. The molecule has 2 fully saturated rings. The average molecular weight is 422 g/mol. The maximum Gasteiger partial charge on any atom is 0.317 e. The topological polar surface area (TPSA) is 78.5 Å². The zero-order chi connectivity index (χ0) is 20.9. The first-order chi connectivity index (χ1) is 13.8. The van der Waals surface area contributed by atoms with Crippen molar-refractivity contribution in [3.8, 4) is 0 Å². The van der Waals surface area contributed by atoms with E-state index in [1.165, 1.54) is 19.3 Å². The summed E-state index contributed by atoms with van der Waals surface area (Å²) < 4.78 is 28.0. The number of nitrogens with zero attached hydrogens (tertiary/aromatic N) is 1. The van der Waals surface area contributed by atoms with Crippen LogP contribution in [-0.4, -0.2) is 45.0 Å². The zero-order valence-corrected chi connectivity index (χ0v) is 18.6. The highest BCUT2D eigenvalue weighted by molar-refractivity contribution is 7.89. The van der Waals surface area contributed by atoms with E-state index in [4.69, 9.17) is 0 Å². The molecule has 1 saturated heterocycles. The van der Waals surface area contributed by atoms with Gasteiger partial charge in [0.15, 0.2) is 0 Å². The summed E-state index contributed by atoms with van der Waals surface area (Å²) in [5, 5.41) is 3.19. The second-order valence-corrected chi connectivity index (χ2v) is 10.4. The molecule has 1 aliphatic carbocycles. The number of amides is 2. The van der Waals surface area contributed by atoms with E-state index >= 15 is 0 Å². The number of carbonyl (C=O) groups excluding carboxylic acids is 1. The first kappa shape index (κ1) is 22.1. The van der Waals surface area contributed by atoms with Crippen LogP contribution >= 0.6 is 0 Å². The summed E-state index contributed by atoms with van der Waals surface area (Å²) in [4.78, 5) is 14.7. The number of sulfonamides is 1. The van der Waals surface area contributed by atoms with Crippen LogP contribution in [-0.2, 0) is 10.0 Å². The molecule has 2 amide bonds. The Balaban J connectivity index is 1.40. The van der Waals surface area contributed by atoms with Crippen LogP contribution in [0.15, 0.2) is 23.1 Å². The Bertz CT molecular complexity index is 796. The smallest absolute Gasteiger partial charge is 0.317 e. The quantitative estimate of drug-likeness (QED) is 0.735. The number of likely N-dealkylation sites (tertiary alicyclic amines) is 1. The normalized spacial score (nSPS) is 19.3. The number of rotatable bonds is 6. The van der Waals surface area contributed by atoms with Crippen molar-refractivity contribution in [1.82, 2.24) is 14.9 Å². The van der Waals surface area contributed by atoms with Gasteiger partial charge in [-0.25, -0.2) is 17.9 Å². The Kier molecular flexibility index (Phi) is 7.57. The van der Waals surface area contributed by atoms with Crippen LogP contribution in [0.2, 0.25) is 0 Å². The Morgan fingerprint density at radius 2 is 1.76 bits per heavy atom. The molecule has 1 aromatic rings. The van der Waals surface area contributed by atoms with Gasteiger partial charge in [-0.2, -0.15) is 0 Å². The van der Waals surface area contributed by atoms with Crippen molar-refractivity contribution in [2.75, 3.05) is 19.6 Å². The first-order valence-electron chi connectivity index (χ1n) is 11.0. The van der Waals surface area contributed by atoms with Gasteiger partial charge in [-0.15, -0.1) is 0 Å². The molecule has 0 spiro atoms. The highest BCUT2D eigenvalue weighted by atomic mass is 32.2. The summed E-state index contributed by atoms with van der Waals surface area (Å²) in [5.74, 6) is 0.454. The fourth-order valence-electron chi connectivity index (χ4n) is 4.41. The van der Waals surface area contributed by atoms with E-state index < -0.39 is 10.0 Å². The van der Waals surface area contributed by atoms with E-state index in [-0.39, 0.29) is 6.03 Å². The Hall–Kier alpha value is -1.60. The molecule has 162 valence electrons. The molecule has 1 saturated carbocycles. The van der Waals surface area contributed by atoms with E-state index in [0.29, 0.717) is 23.4 Å². The number of aryl methyl sites for hydroxylation is 2. The zero-order valence-electron chi connectivity index (χ0n) is 17.7. The van der Waals surface area contributed by atoms with Gasteiger partial charge < -0.3 is 10.2 Å². The predicted octanol–water partition coefficient (Wildman–Crippen LogP) is 3.73. The number of piperidine rings is 1. The molecular formula is C22H35N3O3S. The molecule has 3 rings (SSSR count). The highest BCUT2D eigenvalue weighted by Gasteiger charge is 2.25. The molecule has 2 aliphatic rings. The average Bonchev–Trinajstić information content (AvgIpc) is 2.71. The Morgan fingerprint density at radius 1 is 1.07 bits per heavy atom. The van der Waals surface area contributed by atoms with Crippen LogP contribution in [0.5, 0.6) is 0 Å². The predicted molar refractivity (Wildman–Crippen MR) is 115 cm³/mol. The van der Waals surface area contributed by atoms with Gasteiger partial charge in [0, 0.05) is 25.7 Å². The lowest BCUT2D eigenvalue weighted by molar-refractivity contribution is 0.162. The van der Waals surface area contributed by atoms with Gasteiger partial charge in [0.25, 0.3) is 0 Å². The van der Waals surface area contributed by atoms with Crippen LogP contribution in [0, 0.1) is 19.8 Å². The van der Waals surface area contributed by atoms with E-state index in [9.17, 15) is 13.2 Å². The standard InChI is InChI=1S/C22H35N3O3S/c1-17-8-9-18(2)21(16-17)29(27,28)23-13-10-19-11-14-25(15-12-19)22(26)24-20-6-4-3-5-7-20/h8-9,16,19-20,23H,3-7,10-15H2,1-2H3,(H,24,26). The third-order valence-electron chi connectivity index (χ3n) is 6.31. The number of hydrogen-bond acceptors (Lipinski definition) is 3. The minimum Gasteiger partial charge on any atom is -0.335 e. The van der Waals surface area contributed by atoms with E-state index in [0.717, 1.165) is 56.3 Å². The van der Waals surface area contributed by atoms with E-state index in [1.807, 2.05) is 30.9 Å². The maximum atomic E-state index is 12.6. The number of hydrogen-bond donors (Lipinski definition) is 2. The van der Waals surface area contributed by atoms with Crippen molar-refractivity contribution >= 4 is 16.1 Å². The van der Waals surface area contributed by atoms with Crippen molar-refractivity contribution in [1.29, 1.82) is 0 Å². The van der Waals surface area contributed by atoms with Gasteiger partial charge in [-0.3, -0.25) is 0 Å². The van der Waals surface area contributed by atoms with Crippen molar-refractivity contribution in [3.63, 3.8) is 0 Å². The monoisotopic (exact) mass is 421 g/mol. The summed E-state index contributed by atoms with van der Waals surface area (Å²) >= 11 is 0. The third kappa shape index (κ3) is 6.19. The van der Waals surface area contributed by atoms with Gasteiger partial charge in [0.2, 0.25) is 10.0 Å². The van der Waals surface area contributed by atoms with Crippen LogP contribution in [0.1, 0.15) is 62.5 Å². The number of benzene rings is 1. The minimum absolute atomic E-state index is 0.0750. The Morgan fingerprint density at radius 3 is 2.45 bits per heavy atom. The molecule has 0 bridgehead atoms. The van der Waals surface area contributed by atoms with Crippen molar-refractivity contribution < 1.29 is 13.2 Å².